The molecule has 0 radical (unpaired) electrons. The van der Waals surface area contributed by atoms with Gasteiger partial charge in [-0.1, -0.05) is 58.4 Å². The maximum absolute atomic E-state index is 13.4. The van der Waals surface area contributed by atoms with Gasteiger partial charge in [-0.2, -0.15) is 15.3 Å². The minimum Gasteiger partial charge on any atom is -1.00 e. The first-order valence-corrected chi connectivity index (χ1v) is 24.5. The first-order valence-electron chi connectivity index (χ1n) is 23.4. The molecule has 25 heteroatoms. The smallest absolute Gasteiger partial charge is 1.00 e. The Morgan fingerprint density at radius 1 is 0.530 bits per heavy atom. The topological polar surface area (TPSA) is 225 Å². The fourth-order valence-electron chi connectivity index (χ4n) is 7.09. The number of aromatic amines is 1. The number of hydrogen-bond donors (Lipinski definition) is 1. The molecule has 0 spiro atoms. The summed E-state index contributed by atoms with van der Waals surface area (Å²) in [6, 6.07) is 38.0. The van der Waals surface area contributed by atoms with Crippen LogP contribution < -0.4 is 160 Å². The third-order valence-electron chi connectivity index (χ3n) is 10.7. The number of alkyl halides is 1. The fourth-order valence-corrected chi connectivity index (χ4v) is 7.44. The first-order chi connectivity index (χ1) is 38.7. The van der Waals surface area contributed by atoms with Crippen molar-refractivity contribution in [3.05, 3.63) is 263 Å². The van der Waals surface area contributed by atoms with Crippen LogP contribution in [0.25, 0.3) is 33.8 Å². The summed E-state index contributed by atoms with van der Waals surface area (Å²) in [4.78, 5) is 77.2. The second kappa shape index (κ2) is 36.1. The molecule has 3 heterocycles. The number of nitrogens with one attached hydrogen (secondary N) is 1. The van der Waals surface area contributed by atoms with E-state index in [1.165, 1.54) is 62.2 Å². The van der Waals surface area contributed by atoms with Gasteiger partial charge in [0.1, 0.15) is 34.9 Å². The van der Waals surface area contributed by atoms with Crippen LogP contribution >= 0.6 is 15.9 Å². The number of hydrogen-bond acceptors (Lipinski definition) is 13. The largest absolute Gasteiger partial charge is 1.00 e. The van der Waals surface area contributed by atoms with Gasteiger partial charge in [-0.3, -0.25) is 19.2 Å². The Morgan fingerprint density at radius 3 is 1.22 bits per heavy atom. The van der Waals surface area contributed by atoms with E-state index in [0.29, 0.717) is 27.9 Å². The number of carboxylic acid groups (broad SMARTS) is 1. The van der Waals surface area contributed by atoms with Crippen molar-refractivity contribution in [2.45, 2.75) is 25.3 Å². The SMILES string of the molecule is CC(=O)c1cccc(Cn2nc(-c3cc(F)cc(F)c3)ccc2=O)c1.COC(=O)c1cccc(CBr)c1.COC(=O)c1cccc(Cn2nc(-c3cc(F)cc(F)c3)ccc2=O)c1.O=C[O-].O=c1ccc(-c2cc(F)cc(F)c2)n[nH]1.[Cs+].[Cs+].[H-]. The summed E-state index contributed by atoms with van der Waals surface area (Å²) in [6.07, 6.45) is 0. The van der Waals surface area contributed by atoms with Gasteiger partial charge in [0, 0.05) is 70.5 Å². The summed E-state index contributed by atoms with van der Waals surface area (Å²) in [5, 5.41) is 23.2. The number of Topliss-reactive ketones (excluding diaryl/α,β-unsaturated/α-hetero) is 1. The second-order valence-electron chi connectivity index (χ2n) is 16.6. The van der Waals surface area contributed by atoms with Crippen molar-refractivity contribution in [3.63, 3.8) is 0 Å². The number of methoxy groups -OCH3 is 2. The van der Waals surface area contributed by atoms with Gasteiger partial charge in [0.15, 0.2) is 5.78 Å². The molecule has 0 saturated heterocycles. The average molecular weight is 1450 g/mol. The molecule has 0 atom stereocenters. The van der Waals surface area contributed by atoms with Crippen molar-refractivity contribution >= 4 is 40.1 Å². The molecular formula is C58H45BrCs2F6N6O10. The van der Waals surface area contributed by atoms with E-state index in [4.69, 9.17) is 9.90 Å². The van der Waals surface area contributed by atoms with Crippen LogP contribution in [0.15, 0.2) is 178 Å². The summed E-state index contributed by atoms with van der Waals surface area (Å²) in [5.74, 6) is -5.13. The van der Waals surface area contributed by atoms with Gasteiger partial charge in [0.2, 0.25) is 0 Å². The van der Waals surface area contributed by atoms with E-state index in [1.54, 1.807) is 60.7 Å². The summed E-state index contributed by atoms with van der Waals surface area (Å²) >= 11 is 3.31. The molecule has 0 unspecified atom stereocenters. The quantitative estimate of drug-likeness (QED) is 0.0648. The van der Waals surface area contributed by atoms with E-state index in [1.807, 2.05) is 12.1 Å². The van der Waals surface area contributed by atoms with Crippen LogP contribution in [-0.2, 0) is 32.7 Å². The minimum absolute atomic E-state index is 0. The van der Waals surface area contributed by atoms with Crippen molar-refractivity contribution in [2.24, 2.45) is 0 Å². The molecule has 3 aromatic heterocycles. The molecule has 6 aromatic carbocycles. The molecule has 83 heavy (non-hydrogen) atoms. The number of halogens is 7. The van der Waals surface area contributed by atoms with E-state index in [9.17, 15) is 55.1 Å². The van der Waals surface area contributed by atoms with Gasteiger partial charge in [-0.25, -0.2) is 50.4 Å². The van der Waals surface area contributed by atoms with Gasteiger partial charge >= 0.3 is 150 Å². The average Bonchev–Trinajstić information content (AvgIpc) is 3.59. The van der Waals surface area contributed by atoms with E-state index >= 15 is 0 Å². The Bertz CT molecular complexity index is 3820. The van der Waals surface area contributed by atoms with Crippen molar-refractivity contribution in [3.8, 4) is 33.8 Å². The van der Waals surface area contributed by atoms with Gasteiger partial charge in [0.25, 0.3) is 16.7 Å². The Hall–Kier alpha value is -5.80. The zero-order valence-electron chi connectivity index (χ0n) is 45.8. The van der Waals surface area contributed by atoms with Crippen molar-refractivity contribution in [1.82, 2.24) is 29.8 Å². The molecule has 0 aliphatic carbocycles. The number of ether oxygens (including phenoxy) is 2. The summed E-state index contributed by atoms with van der Waals surface area (Å²) in [6.45, 7) is 1.20. The predicted octanol–water partition coefficient (Wildman–Crippen LogP) is 3.03. The zero-order valence-corrected chi connectivity index (χ0v) is 58.9. The van der Waals surface area contributed by atoms with E-state index in [-0.39, 0.29) is 209 Å². The van der Waals surface area contributed by atoms with Crippen LogP contribution in [0.4, 0.5) is 26.3 Å². The molecule has 0 amide bonds. The number of aromatic nitrogens is 6. The maximum Gasteiger partial charge on any atom is 1.00 e. The van der Waals surface area contributed by atoms with E-state index in [0.717, 1.165) is 75.7 Å². The van der Waals surface area contributed by atoms with Crippen LogP contribution in [0.1, 0.15) is 56.1 Å². The monoisotopic (exact) mass is 1440 g/mol. The second-order valence-corrected chi connectivity index (χ2v) is 17.1. The van der Waals surface area contributed by atoms with Gasteiger partial charge in [-0.15, -0.1) is 0 Å². The zero-order chi connectivity index (χ0) is 59.2. The van der Waals surface area contributed by atoms with Crippen LogP contribution in [0, 0.1) is 34.9 Å². The summed E-state index contributed by atoms with van der Waals surface area (Å²) < 4.78 is 90.9. The molecule has 9 aromatic rings. The van der Waals surface area contributed by atoms with E-state index < -0.39 is 47.3 Å². The molecule has 0 aliphatic rings. The van der Waals surface area contributed by atoms with Crippen LogP contribution in [-0.4, -0.2) is 68.2 Å². The molecule has 16 nitrogen and oxygen atoms in total. The molecular weight excluding hydrogens is 1400 g/mol. The molecule has 0 aliphatic heterocycles. The third-order valence-corrected chi connectivity index (χ3v) is 11.4. The number of carbonyl (C=O) groups is 4. The third kappa shape index (κ3) is 23.3. The fraction of sp³-hybridized carbons (Fsp3) is 0.103. The van der Waals surface area contributed by atoms with Crippen LogP contribution in [0.3, 0.4) is 0 Å². The molecule has 418 valence electrons. The number of nitrogens with zero attached hydrogens (tertiary/aromatic N) is 5. The Kier molecular flexibility index (Phi) is 31.1. The van der Waals surface area contributed by atoms with Crippen molar-refractivity contribution in [2.75, 3.05) is 14.2 Å². The number of ketones is 1. The maximum atomic E-state index is 13.4. The Labute approximate surface area is 596 Å². The normalized spacial score (nSPS) is 9.90. The van der Waals surface area contributed by atoms with Gasteiger partial charge in [-0.05, 0) is 109 Å². The van der Waals surface area contributed by atoms with E-state index in [2.05, 4.69) is 45.8 Å². The number of benzene rings is 6. The molecule has 0 saturated carbocycles. The summed E-state index contributed by atoms with van der Waals surface area (Å²) in [5.41, 5.74) is 4.42. The minimum atomic E-state index is -0.731. The van der Waals surface area contributed by atoms with Crippen LogP contribution in [0.2, 0.25) is 0 Å². The molecule has 1 N–H and O–H groups in total. The number of esters is 2. The summed E-state index contributed by atoms with van der Waals surface area (Å²) in [7, 11) is 2.66. The van der Waals surface area contributed by atoms with Crippen molar-refractivity contribution in [1.29, 1.82) is 0 Å². The predicted molar refractivity (Wildman–Crippen MR) is 288 cm³/mol. The van der Waals surface area contributed by atoms with Gasteiger partial charge < -0.3 is 20.8 Å². The molecule has 9 rings (SSSR count). The number of carbonyl (C=O) groups excluding carboxylic acids is 4. The first kappa shape index (κ1) is 71.5. The van der Waals surface area contributed by atoms with Gasteiger partial charge in [0.05, 0.1) is 55.5 Å². The molecule has 0 bridgehead atoms. The Balaban J connectivity index is 0.000000386. The number of H-pyrrole nitrogens is 1. The molecule has 0 fully saturated rings. The standard InChI is InChI=1S/C19H14F2N2O3.C19H14F2N2O2.C10H6F2N2O.C9H9BrO2.CH2O2.2Cs.H/c1-26-19(25)13-4-2-3-12(7-13)11-23-18(24)6-5-17(22-23)14-8-15(20)10-16(21)9-14;1-12(24)14-4-2-3-13(7-14)11-23-19(25)6-5-18(22-23)15-8-16(20)10-17(21)9-15;11-7-3-6(4-8(12)5-7)9-1-2-10(15)14-13-9;1-12-9(11)8-4-2-3-7(5-8)6-10;2-1-3;;;/h2-10H,11H2,1H3;2-10H,11H2,1H3;1-5H,(H,14,15);2-5H,6H2,1H3;1H,(H,2,3);;;/q;;;;;2*+1;-1/p-1. The Morgan fingerprint density at radius 2 is 0.867 bits per heavy atom. The number of rotatable bonds is 11. The van der Waals surface area contributed by atoms with Crippen LogP contribution in [0.5, 0.6) is 0 Å². The van der Waals surface area contributed by atoms with Crippen molar-refractivity contribution < 1.29 is 199 Å².